The van der Waals surface area contributed by atoms with Crippen molar-refractivity contribution >= 4 is 9.84 Å². The van der Waals surface area contributed by atoms with Gasteiger partial charge in [0.15, 0.2) is 0 Å². The molecule has 11 heavy (non-hydrogen) atoms. The highest BCUT2D eigenvalue weighted by molar-refractivity contribution is 7.90. The van der Waals surface area contributed by atoms with Crippen molar-refractivity contribution in [2.75, 3.05) is 25.1 Å². The molecule has 0 rings (SSSR count). The zero-order valence-electron chi connectivity index (χ0n) is 6.87. The summed E-state index contributed by atoms with van der Waals surface area (Å²) >= 11 is 0. The first kappa shape index (κ1) is 10.9. The van der Waals surface area contributed by atoms with Crippen molar-refractivity contribution in [1.82, 2.24) is 5.32 Å². The smallest absolute Gasteiger partial charge is 0.148 e. The summed E-state index contributed by atoms with van der Waals surface area (Å²) in [6.45, 7) is 2.49. The second-order valence-corrected chi connectivity index (χ2v) is 4.94. The Balaban J connectivity index is 3.30. The average molecular weight is 181 g/mol. The van der Waals surface area contributed by atoms with Crippen LogP contribution in [0.2, 0.25) is 0 Å². The first-order chi connectivity index (χ1) is 4.92. The highest BCUT2D eigenvalue weighted by atomic mass is 32.2. The van der Waals surface area contributed by atoms with Gasteiger partial charge in [0.25, 0.3) is 0 Å². The topological polar surface area (TPSA) is 66.4 Å². The number of aliphatic hydroxyl groups excluding tert-OH is 1. The van der Waals surface area contributed by atoms with E-state index in [1.165, 1.54) is 6.26 Å². The summed E-state index contributed by atoms with van der Waals surface area (Å²) in [7, 11) is -2.87. The molecular weight excluding hydrogens is 166 g/mol. The summed E-state index contributed by atoms with van der Waals surface area (Å²) in [5, 5.41) is 11.6. The molecule has 5 heteroatoms. The maximum atomic E-state index is 10.6. The van der Waals surface area contributed by atoms with Crippen LogP contribution in [0.1, 0.15) is 6.92 Å². The van der Waals surface area contributed by atoms with Gasteiger partial charge in [-0.15, -0.1) is 0 Å². The standard InChI is InChI=1S/C6H15NO3S/c1-6(8)5-7-3-4-11(2,9)10/h6-8H,3-5H2,1-2H3. The number of aliphatic hydroxyl groups is 1. The van der Waals surface area contributed by atoms with E-state index in [-0.39, 0.29) is 5.75 Å². The molecule has 0 spiro atoms. The van der Waals surface area contributed by atoms with Gasteiger partial charge >= 0.3 is 0 Å². The third kappa shape index (κ3) is 9.87. The van der Waals surface area contributed by atoms with Gasteiger partial charge in [-0.25, -0.2) is 8.42 Å². The fourth-order valence-electron chi connectivity index (χ4n) is 0.569. The minimum atomic E-state index is -2.87. The van der Waals surface area contributed by atoms with Gasteiger partial charge < -0.3 is 10.4 Å². The molecular formula is C6H15NO3S. The van der Waals surface area contributed by atoms with Crippen LogP contribution in [0.15, 0.2) is 0 Å². The zero-order valence-corrected chi connectivity index (χ0v) is 7.69. The van der Waals surface area contributed by atoms with Crippen molar-refractivity contribution in [2.24, 2.45) is 0 Å². The number of sulfone groups is 1. The maximum absolute atomic E-state index is 10.6. The van der Waals surface area contributed by atoms with Crippen LogP contribution in [0.25, 0.3) is 0 Å². The molecule has 0 aromatic rings. The predicted molar refractivity (Wildman–Crippen MR) is 44.3 cm³/mol. The summed E-state index contributed by atoms with van der Waals surface area (Å²) < 4.78 is 21.1. The second-order valence-electron chi connectivity index (χ2n) is 2.68. The Morgan fingerprint density at radius 1 is 1.55 bits per heavy atom. The molecule has 1 atom stereocenters. The lowest BCUT2D eigenvalue weighted by molar-refractivity contribution is 0.192. The highest BCUT2D eigenvalue weighted by Crippen LogP contribution is 1.80. The molecule has 0 amide bonds. The average Bonchev–Trinajstić information content (AvgIpc) is 1.78. The van der Waals surface area contributed by atoms with Crippen LogP contribution in [-0.2, 0) is 9.84 Å². The minimum Gasteiger partial charge on any atom is -0.392 e. The Morgan fingerprint density at radius 3 is 2.45 bits per heavy atom. The first-order valence-corrected chi connectivity index (χ1v) is 5.54. The summed E-state index contributed by atoms with van der Waals surface area (Å²) in [5.41, 5.74) is 0. The van der Waals surface area contributed by atoms with E-state index >= 15 is 0 Å². The molecule has 0 aliphatic heterocycles. The van der Waals surface area contributed by atoms with Crippen molar-refractivity contribution in [3.05, 3.63) is 0 Å². The fraction of sp³-hybridized carbons (Fsp3) is 1.00. The van der Waals surface area contributed by atoms with Gasteiger partial charge in [-0.2, -0.15) is 0 Å². The van der Waals surface area contributed by atoms with Gasteiger partial charge in [0, 0.05) is 19.3 Å². The van der Waals surface area contributed by atoms with E-state index in [9.17, 15) is 8.42 Å². The number of nitrogens with one attached hydrogen (secondary N) is 1. The van der Waals surface area contributed by atoms with E-state index in [1.807, 2.05) is 0 Å². The molecule has 0 saturated carbocycles. The van der Waals surface area contributed by atoms with Gasteiger partial charge in [-0.05, 0) is 6.92 Å². The van der Waals surface area contributed by atoms with Crippen LogP contribution in [0, 0.1) is 0 Å². The van der Waals surface area contributed by atoms with Crippen LogP contribution in [0.5, 0.6) is 0 Å². The lowest BCUT2D eigenvalue weighted by Gasteiger charge is -2.04. The highest BCUT2D eigenvalue weighted by Gasteiger charge is 2.00. The van der Waals surface area contributed by atoms with Gasteiger partial charge in [-0.1, -0.05) is 0 Å². The lowest BCUT2D eigenvalue weighted by Crippen LogP contribution is -2.28. The van der Waals surface area contributed by atoms with Crippen molar-refractivity contribution in [3.8, 4) is 0 Å². The summed E-state index contributed by atoms with van der Waals surface area (Å²) in [5.74, 6) is 0.125. The molecule has 0 aliphatic carbocycles. The first-order valence-electron chi connectivity index (χ1n) is 3.48. The van der Waals surface area contributed by atoms with Crippen LogP contribution in [0.4, 0.5) is 0 Å². The fourth-order valence-corrected chi connectivity index (χ4v) is 1.08. The van der Waals surface area contributed by atoms with Crippen LogP contribution < -0.4 is 5.32 Å². The lowest BCUT2D eigenvalue weighted by atomic mass is 10.4. The Labute approximate surface area is 67.5 Å². The van der Waals surface area contributed by atoms with Crippen molar-refractivity contribution in [1.29, 1.82) is 0 Å². The summed E-state index contributed by atoms with van der Waals surface area (Å²) in [4.78, 5) is 0. The Hall–Kier alpha value is -0.130. The second kappa shape index (κ2) is 4.69. The van der Waals surface area contributed by atoms with Crippen LogP contribution in [-0.4, -0.2) is 44.7 Å². The van der Waals surface area contributed by atoms with Crippen molar-refractivity contribution in [3.63, 3.8) is 0 Å². The summed E-state index contributed by atoms with van der Waals surface area (Å²) in [6, 6.07) is 0. The molecule has 0 bridgehead atoms. The van der Waals surface area contributed by atoms with Gasteiger partial charge in [-0.3, -0.25) is 0 Å². The minimum absolute atomic E-state index is 0.125. The zero-order chi connectivity index (χ0) is 8.91. The molecule has 0 aliphatic rings. The van der Waals surface area contributed by atoms with E-state index < -0.39 is 15.9 Å². The van der Waals surface area contributed by atoms with Gasteiger partial charge in [0.05, 0.1) is 11.9 Å². The van der Waals surface area contributed by atoms with Crippen LogP contribution >= 0.6 is 0 Å². The van der Waals surface area contributed by atoms with E-state index in [4.69, 9.17) is 5.11 Å². The third-order valence-electron chi connectivity index (χ3n) is 1.09. The normalized spacial score (nSPS) is 14.8. The Morgan fingerprint density at radius 2 is 2.09 bits per heavy atom. The SMILES string of the molecule is CC(O)CNCCS(C)(=O)=O. The van der Waals surface area contributed by atoms with E-state index in [0.29, 0.717) is 13.1 Å². The quantitative estimate of drug-likeness (QED) is 0.534. The molecule has 2 N–H and O–H groups in total. The van der Waals surface area contributed by atoms with Gasteiger partial charge in [0.2, 0.25) is 0 Å². The molecule has 4 nitrogen and oxygen atoms in total. The molecule has 0 aromatic carbocycles. The molecule has 0 fully saturated rings. The van der Waals surface area contributed by atoms with Crippen LogP contribution in [0.3, 0.4) is 0 Å². The molecule has 0 heterocycles. The molecule has 0 radical (unpaired) electrons. The maximum Gasteiger partial charge on any atom is 0.148 e. The molecule has 0 saturated heterocycles. The van der Waals surface area contributed by atoms with Gasteiger partial charge in [0.1, 0.15) is 9.84 Å². The predicted octanol–water partition coefficient (Wildman–Crippen LogP) is -0.999. The Bertz CT molecular complexity index is 186. The van der Waals surface area contributed by atoms with E-state index in [0.717, 1.165) is 0 Å². The monoisotopic (exact) mass is 181 g/mol. The van der Waals surface area contributed by atoms with Crippen molar-refractivity contribution < 1.29 is 13.5 Å². The Kier molecular flexibility index (Phi) is 4.63. The number of hydrogen-bond donors (Lipinski definition) is 2. The number of hydrogen-bond acceptors (Lipinski definition) is 4. The van der Waals surface area contributed by atoms with Crippen molar-refractivity contribution in [2.45, 2.75) is 13.0 Å². The molecule has 68 valence electrons. The molecule has 1 unspecified atom stereocenters. The number of rotatable bonds is 5. The van der Waals surface area contributed by atoms with E-state index in [2.05, 4.69) is 5.32 Å². The largest absolute Gasteiger partial charge is 0.392 e. The molecule has 0 aromatic heterocycles. The third-order valence-corrected chi connectivity index (χ3v) is 2.04. The van der Waals surface area contributed by atoms with E-state index in [1.54, 1.807) is 6.92 Å². The summed E-state index contributed by atoms with van der Waals surface area (Å²) in [6.07, 6.45) is 0.770.